The lowest BCUT2D eigenvalue weighted by Gasteiger charge is -2.35. The molecule has 1 fully saturated rings. The SMILES string of the molecule is C.CCNC(=O)Nc1nc2cc(-c3cnc(C4(O)CCOCC4O)nc3)cc(-c3ccccn3)c2s1. The molecule has 2 unspecified atom stereocenters. The number of hydrogen-bond donors (Lipinski definition) is 4. The van der Waals surface area contributed by atoms with Crippen molar-refractivity contribution in [2.45, 2.75) is 32.5 Å². The molecule has 0 saturated carbocycles. The van der Waals surface area contributed by atoms with E-state index < -0.39 is 11.7 Å². The van der Waals surface area contributed by atoms with Crippen LogP contribution in [0.25, 0.3) is 32.6 Å². The van der Waals surface area contributed by atoms with Crippen molar-refractivity contribution < 1.29 is 19.7 Å². The van der Waals surface area contributed by atoms with Gasteiger partial charge in [-0.1, -0.05) is 24.8 Å². The van der Waals surface area contributed by atoms with Crippen LogP contribution in [0.1, 0.15) is 26.6 Å². The van der Waals surface area contributed by atoms with E-state index in [4.69, 9.17) is 4.74 Å². The number of carbonyl (C=O) groups excluding carboxylic acids is 1. The Morgan fingerprint density at radius 1 is 1.22 bits per heavy atom. The smallest absolute Gasteiger partial charge is 0.321 e. The van der Waals surface area contributed by atoms with E-state index in [0.29, 0.717) is 29.4 Å². The van der Waals surface area contributed by atoms with E-state index in [-0.39, 0.29) is 32.3 Å². The van der Waals surface area contributed by atoms with Gasteiger partial charge in [0, 0.05) is 49.3 Å². The summed E-state index contributed by atoms with van der Waals surface area (Å²) in [5.74, 6) is 0.158. The molecule has 0 spiro atoms. The molecule has 4 N–H and O–H groups in total. The number of aliphatic hydroxyl groups is 2. The summed E-state index contributed by atoms with van der Waals surface area (Å²) in [6.07, 6.45) is 4.07. The molecule has 0 aliphatic carbocycles. The van der Waals surface area contributed by atoms with Crippen LogP contribution in [0, 0.1) is 0 Å². The highest BCUT2D eigenvalue weighted by atomic mass is 32.1. The molecular weight excluding hydrogens is 480 g/mol. The Morgan fingerprint density at radius 3 is 2.72 bits per heavy atom. The Balaban J connectivity index is 0.00000304. The molecule has 0 radical (unpaired) electrons. The van der Waals surface area contributed by atoms with Gasteiger partial charge in [-0.2, -0.15) is 0 Å². The molecule has 1 aliphatic rings. The highest BCUT2D eigenvalue weighted by Gasteiger charge is 2.42. The largest absolute Gasteiger partial charge is 0.387 e. The second kappa shape index (κ2) is 10.6. The van der Waals surface area contributed by atoms with Crippen molar-refractivity contribution in [1.29, 1.82) is 0 Å². The first-order chi connectivity index (χ1) is 17.0. The minimum absolute atomic E-state index is 0. The number of nitrogens with zero attached hydrogens (tertiary/aromatic N) is 4. The maximum Gasteiger partial charge on any atom is 0.321 e. The first-order valence-corrected chi connectivity index (χ1v) is 12.0. The number of ether oxygens (including phenoxy) is 1. The summed E-state index contributed by atoms with van der Waals surface area (Å²) < 4.78 is 6.11. The van der Waals surface area contributed by atoms with Gasteiger partial charge in [-0.15, -0.1) is 0 Å². The number of aliphatic hydroxyl groups excluding tert-OH is 1. The van der Waals surface area contributed by atoms with Gasteiger partial charge in [0.2, 0.25) is 0 Å². The van der Waals surface area contributed by atoms with E-state index in [1.807, 2.05) is 37.3 Å². The summed E-state index contributed by atoms with van der Waals surface area (Å²) in [4.78, 5) is 29.9. The summed E-state index contributed by atoms with van der Waals surface area (Å²) in [7, 11) is 0. The number of fused-ring (bicyclic) bond motifs is 1. The molecule has 1 aromatic carbocycles. The average Bonchev–Trinajstić information content (AvgIpc) is 3.28. The van der Waals surface area contributed by atoms with E-state index in [2.05, 4.69) is 30.6 Å². The van der Waals surface area contributed by atoms with Crippen LogP contribution in [0.4, 0.5) is 9.93 Å². The predicted molar refractivity (Wildman–Crippen MR) is 139 cm³/mol. The zero-order chi connectivity index (χ0) is 24.4. The van der Waals surface area contributed by atoms with Gasteiger partial charge >= 0.3 is 6.03 Å². The second-order valence-corrected chi connectivity index (χ2v) is 9.15. The van der Waals surface area contributed by atoms with Crippen molar-refractivity contribution in [2.75, 3.05) is 25.1 Å². The molecule has 10 nitrogen and oxygen atoms in total. The first-order valence-electron chi connectivity index (χ1n) is 11.2. The van der Waals surface area contributed by atoms with Crippen LogP contribution in [0.5, 0.6) is 0 Å². The Morgan fingerprint density at radius 2 is 2.03 bits per heavy atom. The summed E-state index contributed by atoms with van der Waals surface area (Å²) in [6, 6.07) is 9.24. The maximum absolute atomic E-state index is 12.0. The van der Waals surface area contributed by atoms with Crippen molar-refractivity contribution in [1.82, 2.24) is 25.3 Å². The zero-order valence-corrected chi connectivity index (χ0v) is 19.7. The van der Waals surface area contributed by atoms with E-state index >= 15 is 0 Å². The molecule has 2 atom stereocenters. The molecule has 5 rings (SSSR count). The van der Waals surface area contributed by atoms with Crippen molar-refractivity contribution >= 4 is 32.7 Å². The molecular formula is C25H28N6O4S. The fourth-order valence-electron chi connectivity index (χ4n) is 3.96. The maximum atomic E-state index is 12.0. The van der Waals surface area contributed by atoms with Crippen LogP contribution >= 0.6 is 11.3 Å². The van der Waals surface area contributed by atoms with Gasteiger partial charge in [0.1, 0.15) is 6.10 Å². The molecule has 3 aromatic heterocycles. The number of amides is 2. The lowest BCUT2D eigenvalue weighted by molar-refractivity contribution is -0.162. The lowest BCUT2D eigenvalue weighted by atomic mass is 9.90. The third-order valence-corrected chi connectivity index (χ3v) is 6.84. The number of pyridine rings is 1. The molecule has 36 heavy (non-hydrogen) atoms. The van der Waals surface area contributed by atoms with Gasteiger partial charge in [-0.3, -0.25) is 10.3 Å². The van der Waals surface area contributed by atoms with E-state index in [1.54, 1.807) is 18.6 Å². The van der Waals surface area contributed by atoms with Crippen LogP contribution in [-0.4, -0.2) is 62.0 Å². The van der Waals surface area contributed by atoms with Gasteiger partial charge in [-0.05, 0) is 36.8 Å². The Labute approximate surface area is 212 Å². The Bertz CT molecular complexity index is 1350. The topological polar surface area (TPSA) is 142 Å². The average molecular weight is 509 g/mol. The van der Waals surface area contributed by atoms with Crippen molar-refractivity contribution in [2.24, 2.45) is 0 Å². The quantitative estimate of drug-likeness (QED) is 0.321. The van der Waals surface area contributed by atoms with Crippen LogP contribution in [0.15, 0.2) is 48.9 Å². The van der Waals surface area contributed by atoms with Crippen molar-refractivity contribution in [3.8, 4) is 22.4 Å². The summed E-state index contributed by atoms with van der Waals surface area (Å²) >= 11 is 1.37. The number of rotatable bonds is 5. The third-order valence-electron chi connectivity index (χ3n) is 5.82. The molecule has 188 valence electrons. The fraction of sp³-hybridized carbons (Fsp3) is 0.320. The second-order valence-electron chi connectivity index (χ2n) is 8.15. The van der Waals surface area contributed by atoms with Crippen LogP contribution in [-0.2, 0) is 10.3 Å². The first kappa shape index (κ1) is 25.6. The molecule has 1 aliphatic heterocycles. The minimum Gasteiger partial charge on any atom is -0.387 e. The molecule has 0 bridgehead atoms. The predicted octanol–water partition coefficient (Wildman–Crippen LogP) is 3.56. The highest BCUT2D eigenvalue weighted by Crippen LogP contribution is 2.38. The highest BCUT2D eigenvalue weighted by molar-refractivity contribution is 7.22. The number of aromatic nitrogens is 4. The van der Waals surface area contributed by atoms with E-state index in [0.717, 1.165) is 21.5 Å². The number of nitrogens with one attached hydrogen (secondary N) is 2. The monoisotopic (exact) mass is 508 g/mol. The summed E-state index contributed by atoms with van der Waals surface area (Å²) in [6.45, 7) is 2.70. The molecule has 11 heteroatoms. The number of anilines is 1. The van der Waals surface area contributed by atoms with Crippen LogP contribution < -0.4 is 10.6 Å². The molecule has 1 saturated heterocycles. The van der Waals surface area contributed by atoms with Gasteiger partial charge in [0.05, 0.1) is 22.5 Å². The van der Waals surface area contributed by atoms with Crippen molar-refractivity contribution in [3.63, 3.8) is 0 Å². The summed E-state index contributed by atoms with van der Waals surface area (Å²) in [5, 5.41) is 27.1. The van der Waals surface area contributed by atoms with Gasteiger partial charge in [-0.25, -0.2) is 19.7 Å². The minimum atomic E-state index is -1.55. The number of urea groups is 1. The number of benzene rings is 1. The lowest BCUT2D eigenvalue weighted by Crippen LogP contribution is -2.48. The summed E-state index contributed by atoms with van der Waals surface area (Å²) in [5.41, 5.74) is 2.30. The van der Waals surface area contributed by atoms with Gasteiger partial charge < -0.3 is 20.3 Å². The fourth-order valence-corrected chi connectivity index (χ4v) is 4.92. The Kier molecular flexibility index (Phi) is 7.55. The molecule has 2 amide bonds. The van der Waals surface area contributed by atoms with Gasteiger partial charge in [0.15, 0.2) is 16.6 Å². The van der Waals surface area contributed by atoms with Crippen LogP contribution in [0.3, 0.4) is 0 Å². The van der Waals surface area contributed by atoms with Crippen molar-refractivity contribution in [3.05, 3.63) is 54.7 Å². The Hall–Kier alpha value is -3.51. The van der Waals surface area contributed by atoms with Crippen LogP contribution in [0.2, 0.25) is 0 Å². The number of thiazole rings is 1. The number of carbonyl (C=O) groups is 1. The normalized spacial score (nSPS) is 19.5. The molecule has 4 aromatic rings. The van der Waals surface area contributed by atoms with E-state index in [1.165, 1.54) is 11.3 Å². The van der Waals surface area contributed by atoms with E-state index in [9.17, 15) is 15.0 Å². The third kappa shape index (κ3) is 4.91. The number of hydrogen-bond acceptors (Lipinski definition) is 9. The molecule has 4 heterocycles. The van der Waals surface area contributed by atoms with Gasteiger partial charge in [0.25, 0.3) is 0 Å². The zero-order valence-electron chi connectivity index (χ0n) is 18.9. The standard InChI is InChI=1S/C24H24N6O4S.CH4/c1-2-25-22(32)30-23-29-18-10-14(9-16(20(18)35-23)17-5-3-4-7-26-17)15-11-27-21(28-12-15)24(33)6-8-34-13-19(24)31;/h3-5,7,9-12,19,31,33H,2,6,8,13H2,1H3,(H2,25,29,30,32);1H4.